The van der Waals surface area contributed by atoms with Crippen molar-refractivity contribution in [3.05, 3.63) is 162 Å². The first-order chi connectivity index (χ1) is 23.9. The molecule has 49 heavy (non-hydrogen) atoms. The van der Waals surface area contributed by atoms with Crippen LogP contribution < -0.4 is 9.80 Å². The molecule has 0 spiro atoms. The lowest BCUT2D eigenvalue weighted by atomic mass is 9.65. The predicted molar refractivity (Wildman–Crippen MR) is 197 cm³/mol. The molecule has 0 radical (unpaired) electrons. The Morgan fingerprint density at radius 1 is 0.755 bits per heavy atom. The van der Waals surface area contributed by atoms with E-state index in [4.69, 9.17) is 0 Å². The molecule has 0 saturated carbocycles. The van der Waals surface area contributed by atoms with Crippen molar-refractivity contribution in [2.45, 2.75) is 56.7 Å². The van der Waals surface area contributed by atoms with Crippen LogP contribution in [0.25, 0.3) is 0 Å². The molecule has 0 amide bonds. The van der Waals surface area contributed by atoms with Gasteiger partial charge in [-0.05, 0) is 79.1 Å². The number of pyridine rings is 1. The normalized spacial score (nSPS) is 18.0. The van der Waals surface area contributed by atoms with E-state index in [1.807, 2.05) is 12.4 Å². The predicted octanol–water partition coefficient (Wildman–Crippen LogP) is 7.65. The Bertz CT molecular complexity index is 1770. The van der Waals surface area contributed by atoms with Crippen LogP contribution in [0.15, 0.2) is 134 Å². The summed E-state index contributed by atoms with van der Waals surface area (Å²) >= 11 is 0. The highest BCUT2D eigenvalue weighted by molar-refractivity contribution is 6.28. The number of hydrogen-bond donors (Lipinski definition) is 0. The first-order valence-corrected chi connectivity index (χ1v) is 17.4. The van der Waals surface area contributed by atoms with Crippen molar-refractivity contribution >= 4 is 23.4 Å². The molecule has 0 aliphatic carbocycles. The summed E-state index contributed by atoms with van der Waals surface area (Å²) in [7, 11) is 0. The Hall–Kier alpha value is -5.07. The molecule has 7 rings (SSSR count). The van der Waals surface area contributed by atoms with E-state index in [1.165, 1.54) is 41.5 Å². The zero-order valence-corrected chi connectivity index (χ0v) is 28.4. The van der Waals surface area contributed by atoms with E-state index in [-0.39, 0.29) is 0 Å². The summed E-state index contributed by atoms with van der Waals surface area (Å²) in [6.45, 7) is 7.39. The number of nitrogens with zero attached hydrogens (tertiary/aromatic N) is 4. The number of anilines is 2. The van der Waals surface area contributed by atoms with Crippen LogP contribution in [0, 0.1) is 0 Å². The van der Waals surface area contributed by atoms with Gasteiger partial charge in [0.15, 0.2) is 6.29 Å². The van der Waals surface area contributed by atoms with E-state index >= 15 is 0 Å². The smallest absolute Gasteiger partial charge is 0.219 e. The molecule has 1 atom stereocenters. The van der Waals surface area contributed by atoms with Crippen molar-refractivity contribution in [2.75, 3.05) is 29.6 Å². The summed E-state index contributed by atoms with van der Waals surface area (Å²) in [6.07, 6.45) is 7.96. The van der Waals surface area contributed by atoms with Crippen molar-refractivity contribution in [3.8, 4) is 0 Å². The molecule has 0 N–H and O–H groups in total. The van der Waals surface area contributed by atoms with Crippen molar-refractivity contribution < 1.29 is 9.59 Å². The number of hydrogen-bond acceptors (Lipinski definition) is 6. The minimum atomic E-state index is -0.627. The van der Waals surface area contributed by atoms with E-state index in [2.05, 4.69) is 155 Å². The SMILES string of the molecule is CC1(C)C(C(=O)C=O)N(c2ccc(C(c3ccccc3)(c3ccccc3)c3ccccc3)cc2)CN1Cc1ccncc1N1CCCCC1. The molecule has 2 aliphatic rings. The minimum absolute atomic E-state index is 0.408. The van der Waals surface area contributed by atoms with Gasteiger partial charge in [0.05, 0.1) is 24.0 Å². The average molecular weight is 649 g/mol. The fourth-order valence-electron chi connectivity index (χ4n) is 8.19. The topological polar surface area (TPSA) is 56.8 Å². The van der Waals surface area contributed by atoms with Crippen molar-refractivity contribution in [3.63, 3.8) is 0 Å². The van der Waals surface area contributed by atoms with Crippen LogP contribution in [0.2, 0.25) is 0 Å². The van der Waals surface area contributed by atoms with Gasteiger partial charge in [0, 0.05) is 37.1 Å². The summed E-state index contributed by atoms with van der Waals surface area (Å²) in [5.74, 6) is -0.408. The van der Waals surface area contributed by atoms with Crippen LogP contribution in [0.1, 0.15) is 60.9 Å². The maximum atomic E-state index is 13.5. The van der Waals surface area contributed by atoms with Gasteiger partial charge in [0.2, 0.25) is 5.78 Å². The summed E-state index contributed by atoms with van der Waals surface area (Å²) < 4.78 is 0. The highest BCUT2D eigenvalue weighted by Gasteiger charge is 2.50. The highest BCUT2D eigenvalue weighted by atomic mass is 16.2. The van der Waals surface area contributed by atoms with E-state index in [0.29, 0.717) is 19.5 Å². The molecule has 6 heteroatoms. The minimum Gasteiger partial charge on any atom is -0.370 e. The number of Topliss-reactive ketones (excluding diaryl/α,β-unsaturated/α-hetero) is 1. The van der Waals surface area contributed by atoms with Crippen molar-refractivity contribution in [2.24, 2.45) is 0 Å². The first-order valence-electron chi connectivity index (χ1n) is 17.4. The third kappa shape index (κ3) is 5.95. The fourth-order valence-corrected chi connectivity index (χ4v) is 8.19. The maximum Gasteiger partial charge on any atom is 0.219 e. The molecule has 1 unspecified atom stereocenters. The molecule has 6 nitrogen and oxygen atoms in total. The molecule has 5 aromatic rings. The van der Waals surface area contributed by atoms with Gasteiger partial charge in [0.1, 0.15) is 6.04 Å². The Kier molecular flexibility index (Phi) is 9.15. The van der Waals surface area contributed by atoms with Gasteiger partial charge in [0.25, 0.3) is 0 Å². The number of carbonyl (C=O) groups excluding carboxylic acids is 2. The number of carbonyl (C=O) groups is 2. The number of aldehydes is 1. The van der Waals surface area contributed by atoms with Crippen molar-refractivity contribution in [1.82, 2.24) is 9.88 Å². The summed E-state index contributed by atoms with van der Waals surface area (Å²) in [5, 5.41) is 0. The average Bonchev–Trinajstić information content (AvgIpc) is 3.43. The second-order valence-electron chi connectivity index (χ2n) is 13.8. The third-order valence-electron chi connectivity index (χ3n) is 10.7. The van der Waals surface area contributed by atoms with E-state index in [9.17, 15) is 9.59 Å². The molecular formula is C43H44N4O2. The standard InChI is InChI=1S/C43H44N4O2/c1-42(2)41(40(49)31-48)47(32-46(42)30-33-25-26-44-29-39(33)45-27-13-6-14-28-45)38-23-21-37(22-24-38)43(34-15-7-3-8-16-34,35-17-9-4-10-18-35)36-19-11-5-12-20-36/h3-5,7-12,15-26,29,31,41H,6,13-14,27-28,30,32H2,1-2H3. The second-order valence-corrected chi connectivity index (χ2v) is 13.8. The zero-order chi connectivity index (χ0) is 33.8. The highest BCUT2D eigenvalue weighted by Crippen LogP contribution is 2.46. The van der Waals surface area contributed by atoms with E-state index < -0.39 is 22.8 Å². The molecular weight excluding hydrogens is 604 g/mol. The van der Waals surface area contributed by atoms with Crippen LogP contribution in [-0.4, -0.2) is 53.3 Å². The lowest BCUT2D eigenvalue weighted by Gasteiger charge is -2.37. The molecule has 2 saturated heterocycles. The first kappa shape index (κ1) is 32.5. The number of aromatic nitrogens is 1. The Morgan fingerprint density at radius 3 is 1.82 bits per heavy atom. The lowest BCUT2D eigenvalue weighted by Crippen LogP contribution is -2.51. The van der Waals surface area contributed by atoms with E-state index in [1.54, 1.807) is 0 Å². The van der Waals surface area contributed by atoms with Gasteiger partial charge in [-0.1, -0.05) is 103 Å². The number of piperidine rings is 1. The third-order valence-corrected chi connectivity index (χ3v) is 10.7. The fraction of sp³-hybridized carbons (Fsp3) is 0.279. The monoisotopic (exact) mass is 648 g/mol. The van der Waals surface area contributed by atoms with Crippen LogP contribution >= 0.6 is 0 Å². The van der Waals surface area contributed by atoms with Crippen LogP contribution in [0.5, 0.6) is 0 Å². The van der Waals surface area contributed by atoms with Gasteiger partial charge < -0.3 is 9.80 Å². The molecule has 2 aliphatic heterocycles. The van der Waals surface area contributed by atoms with Gasteiger partial charge in [-0.3, -0.25) is 19.5 Å². The second kappa shape index (κ2) is 13.8. The Labute approximate surface area is 290 Å². The molecule has 4 aromatic carbocycles. The molecule has 2 fully saturated rings. The van der Waals surface area contributed by atoms with E-state index in [0.717, 1.165) is 30.0 Å². The molecule has 0 bridgehead atoms. The molecule has 1 aromatic heterocycles. The van der Waals surface area contributed by atoms with Gasteiger partial charge in [-0.25, -0.2) is 0 Å². The Morgan fingerprint density at radius 2 is 1.29 bits per heavy atom. The van der Waals surface area contributed by atoms with Crippen LogP contribution in [0.3, 0.4) is 0 Å². The summed E-state index contributed by atoms with van der Waals surface area (Å²) in [4.78, 5) is 36.9. The largest absolute Gasteiger partial charge is 0.370 e. The van der Waals surface area contributed by atoms with Gasteiger partial charge in [-0.2, -0.15) is 0 Å². The quantitative estimate of drug-likeness (QED) is 0.0881. The van der Waals surface area contributed by atoms with Crippen LogP contribution in [-0.2, 0) is 21.5 Å². The molecule has 248 valence electrons. The van der Waals surface area contributed by atoms with Crippen LogP contribution in [0.4, 0.5) is 11.4 Å². The maximum absolute atomic E-state index is 13.5. The Balaban J connectivity index is 1.28. The van der Waals surface area contributed by atoms with Gasteiger partial charge in [-0.15, -0.1) is 0 Å². The summed E-state index contributed by atoms with van der Waals surface area (Å²) in [5.41, 5.74) is 6.74. The number of rotatable bonds is 10. The summed E-state index contributed by atoms with van der Waals surface area (Å²) in [6, 6.07) is 42.0. The van der Waals surface area contributed by atoms with Gasteiger partial charge >= 0.3 is 0 Å². The molecule has 3 heterocycles. The van der Waals surface area contributed by atoms with Crippen molar-refractivity contribution in [1.29, 1.82) is 0 Å². The lowest BCUT2D eigenvalue weighted by molar-refractivity contribution is -0.131. The number of ketones is 1. The number of benzene rings is 4. The zero-order valence-electron chi connectivity index (χ0n) is 28.4.